The van der Waals surface area contributed by atoms with Gasteiger partial charge >= 0.3 is 0 Å². The highest BCUT2D eigenvalue weighted by Crippen LogP contribution is 2.27. The van der Waals surface area contributed by atoms with Crippen LogP contribution < -0.4 is 25.0 Å². The Morgan fingerprint density at radius 3 is 2.28 bits per heavy atom. The molecule has 1 saturated heterocycles. The van der Waals surface area contributed by atoms with E-state index >= 15 is 0 Å². The summed E-state index contributed by atoms with van der Waals surface area (Å²) in [5.41, 5.74) is 2.26. The molecule has 3 rings (SSSR count). The average Bonchev–Trinajstić information content (AvgIpc) is 2.84. The minimum absolute atomic E-state index is 0.191. The van der Waals surface area contributed by atoms with E-state index in [1.165, 1.54) is 17.7 Å². The second-order valence-corrected chi connectivity index (χ2v) is 7.67. The summed E-state index contributed by atoms with van der Waals surface area (Å²) < 4.78 is 23.8. The van der Waals surface area contributed by atoms with Gasteiger partial charge in [-0.3, -0.25) is 9.89 Å². The molecular weight excluding hydrogens is 409 g/mol. The number of ether oxygens (including phenoxy) is 2. The Morgan fingerprint density at radius 2 is 1.62 bits per heavy atom. The molecule has 32 heavy (non-hydrogen) atoms. The molecule has 174 valence electrons. The van der Waals surface area contributed by atoms with Gasteiger partial charge < -0.3 is 25.0 Å². The van der Waals surface area contributed by atoms with Crippen LogP contribution in [-0.4, -0.2) is 77.9 Å². The summed E-state index contributed by atoms with van der Waals surface area (Å²) in [4.78, 5) is 9.05. The van der Waals surface area contributed by atoms with Crippen LogP contribution in [0.25, 0.3) is 0 Å². The Kier molecular flexibility index (Phi) is 8.98. The number of benzene rings is 2. The van der Waals surface area contributed by atoms with Crippen LogP contribution >= 0.6 is 0 Å². The highest BCUT2D eigenvalue weighted by atomic mass is 19.1. The van der Waals surface area contributed by atoms with Gasteiger partial charge in [-0.1, -0.05) is 6.07 Å². The molecule has 1 heterocycles. The van der Waals surface area contributed by atoms with E-state index in [1.54, 1.807) is 21.3 Å². The third kappa shape index (κ3) is 6.75. The first-order valence-corrected chi connectivity index (χ1v) is 11.0. The monoisotopic (exact) mass is 443 g/mol. The fourth-order valence-corrected chi connectivity index (χ4v) is 3.80. The Morgan fingerprint density at radius 1 is 0.938 bits per heavy atom. The molecule has 0 atom stereocenters. The first kappa shape index (κ1) is 23.7. The van der Waals surface area contributed by atoms with Crippen LogP contribution in [0.4, 0.5) is 10.1 Å². The van der Waals surface area contributed by atoms with Crippen LogP contribution in [0.5, 0.6) is 11.5 Å². The summed E-state index contributed by atoms with van der Waals surface area (Å²) in [7, 11) is 5.07. The summed E-state index contributed by atoms with van der Waals surface area (Å²) in [6.07, 6.45) is 0.854. The normalized spacial score (nSPS) is 14.9. The number of nitrogens with zero attached hydrogens (tertiary/aromatic N) is 3. The van der Waals surface area contributed by atoms with Crippen LogP contribution in [0.15, 0.2) is 47.5 Å². The molecule has 0 amide bonds. The Bertz CT molecular complexity index is 867. The first-order chi connectivity index (χ1) is 15.6. The van der Waals surface area contributed by atoms with Gasteiger partial charge in [-0.15, -0.1) is 0 Å². The molecule has 1 aliphatic rings. The number of nitrogens with one attached hydrogen (secondary N) is 2. The highest BCUT2D eigenvalue weighted by Gasteiger charge is 2.17. The lowest BCUT2D eigenvalue weighted by atomic mass is 10.1. The molecule has 0 aromatic heterocycles. The van der Waals surface area contributed by atoms with Gasteiger partial charge in [0.05, 0.1) is 14.2 Å². The molecule has 2 aromatic rings. The maximum Gasteiger partial charge on any atom is 0.191 e. The number of halogens is 1. The molecular formula is C24H34FN5O2. The summed E-state index contributed by atoms with van der Waals surface area (Å²) in [5.74, 6) is 2.09. The zero-order valence-electron chi connectivity index (χ0n) is 19.2. The highest BCUT2D eigenvalue weighted by molar-refractivity contribution is 5.79. The second-order valence-electron chi connectivity index (χ2n) is 7.67. The topological polar surface area (TPSA) is 61.4 Å². The van der Waals surface area contributed by atoms with Crippen LogP contribution in [0, 0.1) is 5.82 Å². The molecule has 7 nitrogen and oxygen atoms in total. The largest absolute Gasteiger partial charge is 0.493 e. The van der Waals surface area contributed by atoms with Gasteiger partial charge in [0.1, 0.15) is 5.82 Å². The zero-order chi connectivity index (χ0) is 22.8. The number of hydrogen-bond acceptors (Lipinski definition) is 5. The maximum atomic E-state index is 13.1. The van der Waals surface area contributed by atoms with E-state index in [1.807, 2.05) is 30.3 Å². The number of guanidine groups is 1. The maximum absolute atomic E-state index is 13.1. The summed E-state index contributed by atoms with van der Waals surface area (Å²) in [6.45, 7) is 6.42. The fraction of sp³-hybridized carbons (Fsp3) is 0.458. The average molecular weight is 444 g/mol. The van der Waals surface area contributed by atoms with Crippen LogP contribution in [0.3, 0.4) is 0 Å². The van der Waals surface area contributed by atoms with Gasteiger partial charge in [-0.25, -0.2) is 4.39 Å². The van der Waals surface area contributed by atoms with Gasteiger partial charge in [-0.2, -0.15) is 0 Å². The first-order valence-electron chi connectivity index (χ1n) is 11.0. The minimum atomic E-state index is -0.191. The summed E-state index contributed by atoms with van der Waals surface area (Å²) in [5, 5.41) is 6.75. The molecule has 8 heteroatoms. The van der Waals surface area contributed by atoms with Crippen molar-refractivity contribution >= 4 is 11.6 Å². The molecule has 0 radical (unpaired) electrons. The van der Waals surface area contributed by atoms with E-state index in [0.29, 0.717) is 0 Å². The van der Waals surface area contributed by atoms with Gasteiger partial charge in [-0.05, 0) is 48.4 Å². The number of aliphatic imine (C=N–C) groups is 1. The zero-order valence-corrected chi connectivity index (χ0v) is 19.2. The van der Waals surface area contributed by atoms with Gasteiger partial charge in [0.25, 0.3) is 0 Å². The van der Waals surface area contributed by atoms with Crippen molar-refractivity contribution in [3.63, 3.8) is 0 Å². The minimum Gasteiger partial charge on any atom is -0.493 e. The van der Waals surface area contributed by atoms with Gasteiger partial charge in [0, 0.05) is 58.5 Å². The van der Waals surface area contributed by atoms with E-state index in [2.05, 4.69) is 25.4 Å². The lowest BCUT2D eigenvalue weighted by Crippen LogP contribution is -2.49. The smallest absolute Gasteiger partial charge is 0.191 e. The van der Waals surface area contributed by atoms with Crippen molar-refractivity contribution in [1.82, 2.24) is 15.5 Å². The summed E-state index contributed by atoms with van der Waals surface area (Å²) in [6, 6.07) is 12.7. The molecule has 1 fully saturated rings. The number of anilines is 1. The van der Waals surface area contributed by atoms with Crippen LogP contribution in [-0.2, 0) is 6.42 Å². The third-order valence-electron chi connectivity index (χ3n) is 5.66. The predicted octanol–water partition coefficient (Wildman–Crippen LogP) is 2.37. The van der Waals surface area contributed by atoms with Crippen molar-refractivity contribution in [1.29, 1.82) is 0 Å². The second kappa shape index (κ2) is 12.1. The number of rotatable bonds is 9. The predicted molar refractivity (Wildman–Crippen MR) is 128 cm³/mol. The van der Waals surface area contributed by atoms with E-state index in [-0.39, 0.29) is 5.82 Å². The molecule has 2 N–H and O–H groups in total. The van der Waals surface area contributed by atoms with Gasteiger partial charge in [0.2, 0.25) is 0 Å². The quantitative estimate of drug-likeness (QED) is 0.458. The molecule has 0 saturated carbocycles. The molecule has 1 aliphatic heterocycles. The van der Waals surface area contributed by atoms with Crippen molar-refractivity contribution in [2.75, 3.05) is 72.0 Å². The van der Waals surface area contributed by atoms with Crippen LogP contribution in [0.1, 0.15) is 5.56 Å². The van der Waals surface area contributed by atoms with E-state index in [9.17, 15) is 4.39 Å². The number of hydrogen-bond donors (Lipinski definition) is 2. The molecule has 0 bridgehead atoms. The van der Waals surface area contributed by atoms with Crippen LogP contribution in [0.2, 0.25) is 0 Å². The molecule has 0 aliphatic carbocycles. The van der Waals surface area contributed by atoms with Crippen molar-refractivity contribution < 1.29 is 13.9 Å². The fourth-order valence-electron chi connectivity index (χ4n) is 3.80. The summed E-state index contributed by atoms with van der Waals surface area (Å²) >= 11 is 0. The van der Waals surface area contributed by atoms with Crippen molar-refractivity contribution in [2.45, 2.75) is 6.42 Å². The van der Waals surface area contributed by atoms with Crippen molar-refractivity contribution in [3.05, 3.63) is 53.8 Å². The van der Waals surface area contributed by atoms with Crippen molar-refractivity contribution in [2.24, 2.45) is 4.99 Å². The standard InChI is InChI=1S/C24H34FN5O2/c1-26-24(27-11-10-19-4-9-22(31-2)23(18-19)32-3)28-12-13-29-14-16-30(17-15-29)21-7-5-20(25)6-8-21/h4-9,18H,10-17H2,1-3H3,(H2,26,27,28). The third-order valence-corrected chi connectivity index (χ3v) is 5.66. The van der Waals surface area contributed by atoms with Gasteiger partial charge in [0.15, 0.2) is 17.5 Å². The Labute approximate surface area is 190 Å². The lowest BCUT2D eigenvalue weighted by molar-refractivity contribution is 0.261. The molecule has 0 unspecified atom stereocenters. The van der Waals surface area contributed by atoms with E-state index in [0.717, 1.165) is 75.4 Å². The number of methoxy groups -OCH3 is 2. The molecule has 2 aromatic carbocycles. The number of piperazine rings is 1. The van der Waals surface area contributed by atoms with E-state index < -0.39 is 0 Å². The van der Waals surface area contributed by atoms with Crippen molar-refractivity contribution in [3.8, 4) is 11.5 Å². The SMILES string of the molecule is CN=C(NCCc1ccc(OC)c(OC)c1)NCCN1CCN(c2ccc(F)cc2)CC1. The lowest BCUT2D eigenvalue weighted by Gasteiger charge is -2.36. The van der Waals surface area contributed by atoms with E-state index in [4.69, 9.17) is 9.47 Å². The molecule has 0 spiro atoms. The Hall–Kier alpha value is -3.00. The Balaban J connectivity index is 1.34.